The highest BCUT2D eigenvalue weighted by molar-refractivity contribution is 5.14. The van der Waals surface area contributed by atoms with Gasteiger partial charge in [-0.1, -0.05) is 30.3 Å². The Morgan fingerprint density at radius 1 is 1.29 bits per heavy atom. The fourth-order valence-corrected chi connectivity index (χ4v) is 2.41. The van der Waals surface area contributed by atoms with Crippen molar-refractivity contribution in [1.82, 2.24) is 10.2 Å². The molecule has 0 bridgehead atoms. The summed E-state index contributed by atoms with van der Waals surface area (Å²) in [5.41, 5.74) is 1.38. The molecule has 2 rings (SSSR count). The minimum atomic E-state index is 0.302. The summed E-state index contributed by atoms with van der Waals surface area (Å²) < 4.78 is 0. The highest BCUT2D eigenvalue weighted by Gasteiger charge is 2.18. The van der Waals surface area contributed by atoms with Crippen molar-refractivity contribution in [3.63, 3.8) is 0 Å². The first-order valence-corrected chi connectivity index (χ1v) is 6.49. The number of nitrogens with zero attached hydrogens (tertiary/aromatic N) is 1. The Morgan fingerprint density at radius 2 is 2.12 bits per heavy atom. The molecule has 0 saturated carbocycles. The molecule has 1 atom stereocenters. The van der Waals surface area contributed by atoms with Crippen LogP contribution in [-0.4, -0.2) is 42.3 Å². The van der Waals surface area contributed by atoms with E-state index in [-0.39, 0.29) is 0 Å². The second-order valence-electron chi connectivity index (χ2n) is 4.74. The molecular weight excluding hydrogens is 212 g/mol. The lowest BCUT2D eigenvalue weighted by atomic mass is 10.1. The summed E-state index contributed by atoms with van der Waals surface area (Å²) in [6.45, 7) is 4.61. The van der Waals surface area contributed by atoms with Gasteiger partial charge in [-0.25, -0.2) is 0 Å². The number of aliphatic hydroxyl groups excluding tert-OH is 1. The second kappa shape index (κ2) is 6.74. The molecule has 1 aliphatic rings. The molecule has 0 aromatic heterocycles. The van der Waals surface area contributed by atoms with Crippen LogP contribution in [0.4, 0.5) is 0 Å². The van der Waals surface area contributed by atoms with Gasteiger partial charge in [-0.2, -0.15) is 0 Å². The summed E-state index contributed by atoms with van der Waals surface area (Å²) in [5, 5.41) is 12.4. The van der Waals surface area contributed by atoms with E-state index < -0.39 is 0 Å². The number of benzene rings is 1. The molecule has 0 radical (unpaired) electrons. The number of rotatable bonds is 5. The molecule has 0 spiro atoms. The number of hydrogen-bond donors (Lipinski definition) is 2. The van der Waals surface area contributed by atoms with Gasteiger partial charge in [-0.05, 0) is 18.4 Å². The van der Waals surface area contributed by atoms with Crippen molar-refractivity contribution in [2.24, 2.45) is 0 Å². The standard InChI is InChI=1S/C14H22N2O/c17-10-4-7-14-12-16(9-8-15-14)11-13-5-2-1-3-6-13/h1-3,5-6,14-15,17H,4,7-12H2. The van der Waals surface area contributed by atoms with E-state index in [1.807, 2.05) is 0 Å². The van der Waals surface area contributed by atoms with Gasteiger partial charge in [0.15, 0.2) is 0 Å². The smallest absolute Gasteiger partial charge is 0.0431 e. The quantitative estimate of drug-likeness (QED) is 0.804. The van der Waals surface area contributed by atoms with Crippen molar-refractivity contribution in [2.75, 3.05) is 26.2 Å². The Labute approximate surface area is 103 Å². The maximum Gasteiger partial charge on any atom is 0.0431 e. The average molecular weight is 234 g/mol. The Kier molecular flexibility index (Phi) is 4.98. The summed E-state index contributed by atoms with van der Waals surface area (Å²) in [6.07, 6.45) is 1.97. The summed E-state index contributed by atoms with van der Waals surface area (Å²) in [6, 6.07) is 11.2. The van der Waals surface area contributed by atoms with E-state index in [0.29, 0.717) is 12.6 Å². The van der Waals surface area contributed by atoms with Crippen LogP contribution in [0.15, 0.2) is 30.3 Å². The first-order valence-electron chi connectivity index (χ1n) is 6.49. The molecule has 0 amide bonds. The Morgan fingerprint density at radius 3 is 2.88 bits per heavy atom. The highest BCUT2D eigenvalue weighted by atomic mass is 16.2. The Hall–Kier alpha value is -0.900. The number of nitrogens with one attached hydrogen (secondary N) is 1. The van der Waals surface area contributed by atoms with E-state index in [1.54, 1.807) is 0 Å². The van der Waals surface area contributed by atoms with Crippen LogP contribution in [0, 0.1) is 0 Å². The lowest BCUT2D eigenvalue weighted by Crippen LogP contribution is -2.50. The predicted molar refractivity (Wildman–Crippen MR) is 69.8 cm³/mol. The van der Waals surface area contributed by atoms with Crippen LogP contribution in [0.3, 0.4) is 0 Å². The minimum Gasteiger partial charge on any atom is -0.396 e. The Bertz CT molecular complexity index is 315. The van der Waals surface area contributed by atoms with Gasteiger partial charge in [0.2, 0.25) is 0 Å². The highest BCUT2D eigenvalue weighted by Crippen LogP contribution is 2.09. The maximum atomic E-state index is 8.86. The van der Waals surface area contributed by atoms with E-state index in [2.05, 4.69) is 40.5 Å². The topological polar surface area (TPSA) is 35.5 Å². The van der Waals surface area contributed by atoms with E-state index in [4.69, 9.17) is 5.11 Å². The van der Waals surface area contributed by atoms with Gasteiger partial charge in [0.05, 0.1) is 0 Å². The zero-order chi connectivity index (χ0) is 11.9. The van der Waals surface area contributed by atoms with E-state index in [9.17, 15) is 0 Å². The molecule has 1 saturated heterocycles. The monoisotopic (exact) mass is 234 g/mol. The molecule has 3 heteroatoms. The number of aliphatic hydroxyl groups is 1. The molecule has 1 fully saturated rings. The van der Waals surface area contributed by atoms with Crippen molar-refractivity contribution in [2.45, 2.75) is 25.4 Å². The van der Waals surface area contributed by atoms with Crippen LogP contribution in [0.1, 0.15) is 18.4 Å². The van der Waals surface area contributed by atoms with Crippen LogP contribution in [-0.2, 0) is 6.54 Å². The fraction of sp³-hybridized carbons (Fsp3) is 0.571. The van der Waals surface area contributed by atoms with Gasteiger partial charge in [-0.3, -0.25) is 4.90 Å². The Balaban J connectivity index is 1.81. The van der Waals surface area contributed by atoms with E-state index in [0.717, 1.165) is 39.0 Å². The first kappa shape index (κ1) is 12.6. The van der Waals surface area contributed by atoms with Gasteiger partial charge >= 0.3 is 0 Å². The van der Waals surface area contributed by atoms with Gasteiger partial charge in [-0.15, -0.1) is 0 Å². The van der Waals surface area contributed by atoms with Gasteiger partial charge in [0.1, 0.15) is 0 Å². The normalized spacial score (nSPS) is 21.6. The number of hydrogen-bond acceptors (Lipinski definition) is 3. The van der Waals surface area contributed by atoms with Gasteiger partial charge in [0.25, 0.3) is 0 Å². The zero-order valence-electron chi connectivity index (χ0n) is 10.3. The van der Waals surface area contributed by atoms with Crippen molar-refractivity contribution in [1.29, 1.82) is 0 Å². The first-order chi connectivity index (χ1) is 8.38. The molecule has 1 aromatic carbocycles. The van der Waals surface area contributed by atoms with Crippen LogP contribution in [0.2, 0.25) is 0 Å². The summed E-state index contributed by atoms with van der Waals surface area (Å²) in [7, 11) is 0. The molecule has 94 valence electrons. The lowest BCUT2D eigenvalue weighted by Gasteiger charge is -2.33. The molecule has 1 unspecified atom stereocenters. The predicted octanol–water partition coefficient (Wildman–Crippen LogP) is 1.23. The third-order valence-electron chi connectivity index (χ3n) is 3.30. The lowest BCUT2D eigenvalue weighted by molar-refractivity contribution is 0.178. The maximum absolute atomic E-state index is 8.86. The zero-order valence-corrected chi connectivity index (χ0v) is 10.3. The molecule has 3 nitrogen and oxygen atoms in total. The molecule has 17 heavy (non-hydrogen) atoms. The van der Waals surface area contributed by atoms with Crippen molar-refractivity contribution >= 4 is 0 Å². The summed E-state index contributed by atoms with van der Waals surface area (Å²) in [5.74, 6) is 0. The van der Waals surface area contributed by atoms with Crippen molar-refractivity contribution < 1.29 is 5.11 Å². The second-order valence-corrected chi connectivity index (χ2v) is 4.74. The van der Waals surface area contributed by atoms with Crippen LogP contribution in [0.25, 0.3) is 0 Å². The fourth-order valence-electron chi connectivity index (χ4n) is 2.41. The summed E-state index contributed by atoms with van der Waals surface area (Å²) >= 11 is 0. The van der Waals surface area contributed by atoms with Crippen LogP contribution < -0.4 is 5.32 Å². The molecule has 0 aliphatic carbocycles. The third kappa shape index (κ3) is 4.11. The third-order valence-corrected chi connectivity index (χ3v) is 3.30. The SMILES string of the molecule is OCCCC1CN(Cc2ccccc2)CCN1. The minimum absolute atomic E-state index is 0.302. The van der Waals surface area contributed by atoms with Crippen molar-refractivity contribution in [3.8, 4) is 0 Å². The molecular formula is C14H22N2O. The van der Waals surface area contributed by atoms with Crippen molar-refractivity contribution in [3.05, 3.63) is 35.9 Å². The molecule has 1 aliphatic heterocycles. The number of piperazine rings is 1. The molecule has 2 N–H and O–H groups in total. The van der Waals surface area contributed by atoms with E-state index in [1.165, 1.54) is 5.56 Å². The van der Waals surface area contributed by atoms with Gasteiger partial charge < -0.3 is 10.4 Å². The van der Waals surface area contributed by atoms with E-state index >= 15 is 0 Å². The van der Waals surface area contributed by atoms with Crippen LogP contribution >= 0.6 is 0 Å². The van der Waals surface area contributed by atoms with Crippen LogP contribution in [0.5, 0.6) is 0 Å². The molecule has 1 heterocycles. The summed E-state index contributed by atoms with van der Waals surface area (Å²) in [4.78, 5) is 2.49. The average Bonchev–Trinajstić information content (AvgIpc) is 2.38. The molecule has 1 aromatic rings. The largest absolute Gasteiger partial charge is 0.396 e. The van der Waals surface area contributed by atoms with Gasteiger partial charge in [0, 0.05) is 38.8 Å².